The number of pyridine rings is 1. The van der Waals surface area contributed by atoms with E-state index in [9.17, 15) is 4.79 Å². The maximum atomic E-state index is 12.9. The highest BCUT2D eigenvalue weighted by Gasteiger charge is 2.42. The van der Waals surface area contributed by atoms with E-state index in [4.69, 9.17) is 0 Å². The van der Waals surface area contributed by atoms with Crippen molar-refractivity contribution in [1.82, 2.24) is 9.88 Å². The number of carbonyl (C=O) groups is 1. The van der Waals surface area contributed by atoms with Crippen molar-refractivity contribution >= 4 is 33.2 Å². The summed E-state index contributed by atoms with van der Waals surface area (Å²) < 4.78 is 0.713. The molecule has 0 radical (unpaired) electrons. The van der Waals surface area contributed by atoms with E-state index >= 15 is 0 Å². The SMILES string of the molecule is O=C(c1ccnc(Br)c1)N1CCc2sccc2C1C1CC1. The number of rotatable bonds is 2. The van der Waals surface area contributed by atoms with Gasteiger partial charge in [0.1, 0.15) is 4.60 Å². The highest BCUT2D eigenvalue weighted by molar-refractivity contribution is 9.10. The first kappa shape index (κ1) is 13.5. The average Bonchev–Trinajstić information content (AvgIpc) is 3.22. The number of thiophene rings is 1. The molecule has 21 heavy (non-hydrogen) atoms. The Morgan fingerprint density at radius 1 is 1.38 bits per heavy atom. The molecule has 2 aliphatic rings. The van der Waals surface area contributed by atoms with Crippen molar-refractivity contribution in [3.05, 3.63) is 50.4 Å². The summed E-state index contributed by atoms with van der Waals surface area (Å²) in [6, 6.07) is 6.11. The lowest BCUT2D eigenvalue weighted by atomic mass is 9.95. The van der Waals surface area contributed by atoms with Gasteiger partial charge in [-0.15, -0.1) is 11.3 Å². The molecule has 1 aliphatic carbocycles. The van der Waals surface area contributed by atoms with Gasteiger partial charge in [0.25, 0.3) is 5.91 Å². The molecule has 1 fully saturated rings. The fraction of sp³-hybridized carbons (Fsp3) is 0.375. The van der Waals surface area contributed by atoms with Crippen LogP contribution in [0.15, 0.2) is 34.4 Å². The van der Waals surface area contributed by atoms with Crippen molar-refractivity contribution in [3.8, 4) is 0 Å². The highest BCUT2D eigenvalue weighted by atomic mass is 79.9. The molecule has 1 amide bonds. The molecule has 1 unspecified atom stereocenters. The maximum absolute atomic E-state index is 12.9. The Labute approximate surface area is 136 Å². The minimum absolute atomic E-state index is 0.131. The fourth-order valence-electron chi connectivity index (χ4n) is 3.20. The van der Waals surface area contributed by atoms with E-state index in [0.29, 0.717) is 10.5 Å². The number of halogens is 1. The van der Waals surface area contributed by atoms with Crippen molar-refractivity contribution < 1.29 is 4.79 Å². The first-order chi connectivity index (χ1) is 10.2. The number of hydrogen-bond acceptors (Lipinski definition) is 3. The number of carbonyl (C=O) groups excluding carboxylic acids is 1. The Balaban J connectivity index is 1.69. The Bertz CT molecular complexity index is 695. The van der Waals surface area contributed by atoms with Crippen LogP contribution in [0.3, 0.4) is 0 Å². The van der Waals surface area contributed by atoms with Gasteiger partial charge in [-0.2, -0.15) is 0 Å². The molecule has 5 heteroatoms. The summed E-state index contributed by atoms with van der Waals surface area (Å²) in [6.07, 6.45) is 5.14. The minimum Gasteiger partial charge on any atom is -0.331 e. The van der Waals surface area contributed by atoms with Gasteiger partial charge < -0.3 is 4.90 Å². The Morgan fingerprint density at radius 3 is 3.00 bits per heavy atom. The molecule has 2 aromatic heterocycles. The van der Waals surface area contributed by atoms with Crippen LogP contribution in [-0.2, 0) is 6.42 Å². The molecule has 2 aromatic rings. The van der Waals surface area contributed by atoms with Crippen molar-refractivity contribution in [2.75, 3.05) is 6.54 Å². The normalized spacial score (nSPS) is 21.2. The lowest BCUT2D eigenvalue weighted by Gasteiger charge is -2.36. The molecule has 1 aliphatic heterocycles. The van der Waals surface area contributed by atoms with E-state index in [-0.39, 0.29) is 11.9 Å². The third kappa shape index (κ3) is 2.42. The van der Waals surface area contributed by atoms with Gasteiger partial charge in [0.15, 0.2) is 0 Å². The van der Waals surface area contributed by atoms with Crippen LogP contribution in [0.25, 0.3) is 0 Å². The Hall–Kier alpha value is -1.20. The second kappa shape index (κ2) is 5.21. The smallest absolute Gasteiger partial charge is 0.254 e. The summed E-state index contributed by atoms with van der Waals surface area (Å²) in [5, 5.41) is 2.16. The second-order valence-electron chi connectivity index (χ2n) is 5.70. The van der Waals surface area contributed by atoms with Gasteiger partial charge in [-0.05, 0) is 70.3 Å². The molecular formula is C16H15BrN2OS. The van der Waals surface area contributed by atoms with Crippen LogP contribution in [-0.4, -0.2) is 22.3 Å². The van der Waals surface area contributed by atoms with Crippen LogP contribution in [0.2, 0.25) is 0 Å². The van der Waals surface area contributed by atoms with E-state index in [0.717, 1.165) is 18.5 Å². The topological polar surface area (TPSA) is 33.2 Å². The summed E-state index contributed by atoms with van der Waals surface area (Å²) in [5.41, 5.74) is 2.11. The summed E-state index contributed by atoms with van der Waals surface area (Å²) >= 11 is 5.18. The lowest BCUT2D eigenvalue weighted by Crippen LogP contribution is -2.40. The number of aromatic nitrogens is 1. The van der Waals surface area contributed by atoms with Crippen LogP contribution in [0.1, 0.15) is 39.7 Å². The zero-order valence-electron chi connectivity index (χ0n) is 11.5. The maximum Gasteiger partial charge on any atom is 0.254 e. The van der Waals surface area contributed by atoms with Crippen molar-refractivity contribution in [3.63, 3.8) is 0 Å². The summed E-state index contributed by atoms with van der Waals surface area (Å²) in [7, 11) is 0. The number of hydrogen-bond donors (Lipinski definition) is 0. The Morgan fingerprint density at radius 2 is 2.24 bits per heavy atom. The summed E-state index contributed by atoms with van der Waals surface area (Å²) in [4.78, 5) is 20.6. The number of amides is 1. The average molecular weight is 363 g/mol. The van der Waals surface area contributed by atoms with Gasteiger partial charge in [-0.3, -0.25) is 4.79 Å². The molecule has 108 valence electrons. The molecule has 0 spiro atoms. The van der Waals surface area contributed by atoms with E-state index in [1.807, 2.05) is 17.4 Å². The molecule has 0 bridgehead atoms. The molecule has 4 rings (SSSR count). The standard InChI is InChI=1S/C16H15BrN2OS/c17-14-9-11(3-6-18-14)16(20)19-7-4-13-12(5-8-21-13)15(19)10-1-2-10/h3,5-6,8-10,15H,1-2,4,7H2. The molecule has 1 saturated carbocycles. The van der Waals surface area contributed by atoms with Gasteiger partial charge in [0.05, 0.1) is 6.04 Å². The second-order valence-corrected chi connectivity index (χ2v) is 7.51. The zero-order chi connectivity index (χ0) is 14.4. The van der Waals surface area contributed by atoms with E-state index in [1.165, 1.54) is 23.3 Å². The number of fused-ring (bicyclic) bond motifs is 1. The largest absolute Gasteiger partial charge is 0.331 e. The third-order valence-corrected chi connectivity index (χ3v) is 5.75. The molecule has 3 nitrogen and oxygen atoms in total. The predicted molar refractivity (Wildman–Crippen MR) is 86.5 cm³/mol. The predicted octanol–water partition coefficient (Wildman–Crippen LogP) is 4.06. The van der Waals surface area contributed by atoms with E-state index in [2.05, 4.69) is 37.3 Å². The fourth-order valence-corrected chi connectivity index (χ4v) is 4.47. The Kier molecular flexibility index (Phi) is 3.34. The first-order valence-corrected chi connectivity index (χ1v) is 8.90. The molecule has 0 aromatic carbocycles. The highest BCUT2D eigenvalue weighted by Crippen LogP contribution is 2.48. The van der Waals surface area contributed by atoms with Gasteiger partial charge in [0, 0.05) is 23.2 Å². The molecule has 0 saturated heterocycles. The van der Waals surface area contributed by atoms with Crippen molar-refractivity contribution in [2.24, 2.45) is 5.92 Å². The monoisotopic (exact) mass is 362 g/mol. The van der Waals surface area contributed by atoms with Gasteiger partial charge in [-0.1, -0.05) is 0 Å². The van der Waals surface area contributed by atoms with E-state index in [1.54, 1.807) is 12.3 Å². The van der Waals surface area contributed by atoms with E-state index < -0.39 is 0 Å². The summed E-state index contributed by atoms with van der Waals surface area (Å²) in [5.74, 6) is 0.778. The molecule has 3 heterocycles. The quantitative estimate of drug-likeness (QED) is 0.754. The lowest BCUT2D eigenvalue weighted by molar-refractivity contribution is 0.0637. The van der Waals surface area contributed by atoms with Crippen LogP contribution in [0, 0.1) is 5.92 Å². The van der Waals surface area contributed by atoms with Crippen molar-refractivity contribution in [2.45, 2.75) is 25.3 Å². The minimum atomic E-state index is 0.131. The third-order valence-electron chi connectivity index (χ3n) is 4.32. The van der Waals surface area contributed by atoms with Gasteiger partial charge in [0.2, 0.25) is 0 Å². The first-order valence-electron chi connectivity index (χ1n) is 7.23. The van der Waals surface area contributed by atoms with Crippen LogP contribution < -0.4 is 0 Å². The molecule has 0 N–H and O–H groups in total. The molecular weight excluding hydrogens is 348 g/mol. The zero-order valence-corrected chi connectivity index (χ0v) is 13.9. The van der Waals surface area contributed by atoms with Crippen LogP contribution >= 0.6 is 27.3 Å². The summed E-state index contributed by atoms with van der Waals surface area (Å²) in [6.45, 7) is 0.827. The van der Waals surface area contributed by atoms with Crippen molar-refractivity contribution in [1.29, 1.82) is 0 Å². The van der Waals surface area contributed by atoms with Gasteiger partial charge >= 0.3 is 0 Å². The van der Waals surface area contributed by atoms with Crippen LogP contribution in [0.4, 0.5) is 0 Å². The van der Waals surface area contributed by atoms with Gasteiger partial charge in [-0.25, -0.2) is 4.98 Å². The van der Waals surface area contributed by atoms with Crippen LogP contribution in [0.5, 0.6) is 0 Å². The number of nitrogens with zero attached hydrogens (tertiary/aromatic N) is 2. The molecule has 1 atom stereocenters.